The maximum atomic E-state index is 12.7. The SMILES string of the molecule is N#C/C(C(N)=O)=C(/O)C(=O)/C=C(\O)c1ccc(F)cc1. The molecule has 0 aromatic heterocycles. The number of ketones is 1. The number of nitrogens with zero attached hydrogens (tertiary/aromatic N) is 1. The van der Waals surface area contributed by atoms with Gasteiger partial charge in [-0.15, -0.1) is 0 Å². The Kier molecular flexibility index (Phi) is 4.59. The zero-order valence-electron chi connectivity index (χ0n) is 10.0. The maximum absolute atomic E-state index is 12.7. The molecule has 0 saturated carbocycles. The van der Waals surface area contributed by atoms with E-state index in [1.165, 1.54) is 18.2 Å². The Bertz CT molecular complexity index is 654. The number of primary amides is 1. The summed E-state index contributed by atoms with van der Waals surface area (Å²) in [4.78, 5) is 22.3. The Morgan fingerprint density at radius 1 is 1.25 bits per heavy atom. The second kappa shape index (κ2) is 6.15. The fourth-order valence-electron chi connectivity index (χ4n) is 1.24. The Labute approximate surface area is 112 Å². The van der Waals surface area contributed by atoms with Gasteiger partial charge in [-0.1, -0.05) is 0 Å². The molecule has 1 aromatic rings. The summed E-state index contributed by atoms with van der Waals surface area (Å²) in [5, 5.41) is 27.5. The van der Waals surface area contributed by atoms with Crippen molar-refractivity contribution in [3.63, 3.8) is 0 Å². The zero-order chi connectivity index (χ0) is 15.3. The molecular formula is C13H9FN2O4. The lowest BCUT2D eigenvalue weighted by molar-refractivity contribution is -0.116. The van der Waals surface area contributed by atoms with Gasteiger partial charge in [0, 0.05) is 11.6 Å². The van der Waals surface area contributed by atoms with Gasteiger partial charge in [0.1, 0.15) is 17.6 Å². The van der Waals surface area contributed by atoms with E-state index in [2.05, 4.69) is 0 Å². The fraction of sp³-hybridized carbons (Fsp3) is 0. The predicted molar refractivity (Wildman–Crippen MR) is 66.5 cm³/mol. The third-order valence-corrected chi connectivity index (χ3v) is 2.24. The van der Waals surface area contributed by atoms with Crippen LogP contribution in [0.25, 0.3) is 5.76 Å². The molecule has 1 rings (SSSR count). The number of nitrogens with two attached hydrogens (primary N) is 1. The normalized spacial score (nSPS) is 12.3. The van der Waals surface area contributed by atoms with Crippen LogP contribution in [0, 0.1) is 17.1 Å². The number of benzene rings is 1. The minimum Gasteiger partial charge on any atom is -0.507 e. The van der Waals surface area contributed by atoms with Crippen LogP contribution >= 0.6 is 0 Å². The van der Waals surface area contributed by atoms with E-state index in [1.807, 2.05) is 0 Å². The van der Waals surface area contributed by atoms with Crippen molar-refractivity contribution in [2.24, 2.45) is 5.73 Å². The number of aliphatic hydroxyl groups excluding tert-OH is 2. The number of allylic oxidation sites excluding steroid dienone is 1. The minimum absolute atomic E-state index is 0.116. The minimum atomic E-state index is -1.27. The molecule has 6 nitrogen and oxygen atoms in total. The molecule has 0 aliphatic heterocycles. The summed E-state index contributed by atoms with van der Waals surface area (Å²) in [6.07, 6.45) is 0.586. The average molecular weight is 276 g/mol. The second-order valence-electron chi connectivity index (χ2n) is 3.60. The summed E-state index contributed by atoms with van der Waals surface area (Å²) in [6, 6.07) is 5.80. The lowest BCUT2D eigenvalue weighted by atomic mass is 10.1. The summed E-state index contributed by atoms with van der Waals surface area (Å²) in [5.41, 5.74) is 3.99. The second-order valence-corrected chi connectivity index (χ2v) is 3.60. The molecule has 0 radical (unpaired) electrons. The van der Waals surface area contributed by atoms with E-state index in [0.717, 1.165) is 12.1 Å². The lowest BCUT2D eigenvalue weighted by Gasteiger charge is -2.01. The van der Waals surface area contributed by atoms with Gasteiger partial charge in [0.15, 0.2) is 11.3 Å². The van der Waals surface area contributed by atoms with Crippen molar-refractivity contribution in [1.82, 2.24) is 0 Å². The lowest BCUT2D eigenvalue weighted by Crippen LogP contribution is -2.17. The summed E-state index contributed by atoms with van der Waals surface area (Å²) in [6.45, 7) is 0. The van der Waals surface area contributed by atoms with E-state index in [-0.39, 0.29) is 5.56 Å². The van der Waals surface area contributed by atoms with Crippen LogP contribution in [0.15, 0.2) is 41.7 Å². The Morgan fingerprint density at radius 2 is 1.80 bits per heavy atom. The van der Waals surface area contributed by atoms with Crippen molar-refractivity contribution in [1.29, 1.82) is 5.26 Å². The van der Waals surface area contributed by atoms with Crippen LogP contribution in [0.3, 0.4) is 0 Å². The third kappa shape index (κ3) is 3.43. The van der Waals surface area contributed by atoms with Crippen molar-refractivity contribution in [2.75, 3.05) is 0 Å². The van der Waals surface area contributed by atoms with Crippen LogP contribution in [0.2, 0.25) is 0 Å². The van der Waals surface area contributed by atoms with E-state index in [0.29, 0.717) is 6.08 Å². The first-order chi connectivity index (χ1) is 9.36. The highest BCUT2D eigenvalue weighted by Crippen LogP contribution is 2.13. The van der Waals surface area contributed by atoms with Crippen LogP contribution in [0.4, 0.5) is 4.39 Å². The van der Waals surface area contributed by atoms with E-state index >= 15 is 0 Å². The molecule has 0 spiro atoms. The number of carbonyl (C=O) groups excluding carboxylic acids is 2. The molecule has 0 fully saturated rings. The summed E-state index contributed by atoms with van der Waals surface area (Å²) in [7, 11) is 0. The maximum Gasteiger partial charge on any atom is 0.263 e. The Balaban J connectivity index is 3.11. The molecule has 1 aromatic carbocycles. The van der Waals surface area contributed by atoms with E-state index < -0.39 is 34.6 Å². The van der Waals surface area contributed by atoms with Crippen molar-refractivity contribution < 1.29 is 24.2 Å². The van der Waals surface area contributed by atoms with E-state index in [9.17, 15) is 24.2 Å². The highest BCUT2D eigenvalue weighted by Gasteiger charge is 2.17. The molecule has 0 bridgehead atoms. The topological polar surface area (TPSA) is 124 Å². The zero-order valence-corrected chi connectivity index (χ0v) is 10.0. The first kappa shape index (κ1) is 14.9. The van der Waals surface area contributed by atoms with Crippen molar-refractivity contribution >= 4 is 17.4 Å². The number of amides is 1. The summed E-state index contributed by atoms with van der Waals surface area (Å²) >= 11 is 0. The molecule has 1 amide bonds. The van der Waals surface area contributed by atoms with Gasteiger partial charge in [-0.25, -0.2) is 4.39 Å². The number of hydrogen-bond donors (Lipinski definition) is 3. The largest absolute Gasteiger partial charge is 0.507 e. The number of halogens is 1. The number of hydrogen-bond acceptors (Lipinski definition) is 5. The number of rotatable bonds is 4. The molecule has 0 unspecified atom stereocenters. The van der Waals surface area contributed by atoms with Gasteiger partial charge in [0.2, 0.25) is 5.78 Å². The smallest absolute Gasteiger partial charge is 0.263 e. The standard InChI is InChI=1S/C13H9FN2O4/c14-8-3-1-7(2-4-8)10(17)5-11(18)12(19)9(6-15)13(16)20/h1-5,17,19H,(H2,16,20)/b10-5-,12-9-. The fourth-order valence-corrected chi connectivity index (χ4v) is 1.24. The molecule has 7 heteroatoms. The van der Waals surface area contributed by atoms with Gasteiger partial charge >= 0.3 is 0 Å². The molecule has 102 valence electrons. The van der Waals surface area contributed by atoms with Gasteiger partial charge in [-0.3, -0.25) is 9.59 Å². The molecule has 0 atom stereocenters. The number of nitriles is 1. The molecule has 0 saturated heterocycles. The Morgan fingerprint density at radius 3 is 2.25 bits per heavy atom. The van der Waals surface area contributed by atoms with Crippen LogP contribution < -0.4 is 5.73 Å². The molecule has 0 heterocycles. The van der Waals surface area contributed by atoms with Crippen LogP contribution in [-0.2, 0) is 9.59 Å². The monoisotopic (exact) mass is 276 g/mol. The van der Waals surface area contributed by atoms with Gasteiger partial charge in [0.25, 0.3) is 5.91 Å². The first-order valence-electron chi connectivity index (χ1n) is 5.21. The van der Waals surface area contributed by atoms with Crippen LogP contribution in [-0.4, -0.2) is 21.9 Å². The Hall–Kier alpha value is -3.14. The summed E-state index contributed by atoms with van der Waals surface area (Å²) in [5.74, 6) is -4.72. The van der Waals surface area contributed by atoms with Crippen LogP contribution in [0.1, 0.15) is 5.56 Å². The third-order valence-electron chi connectivity index (χ3n) is 2.24. The molecule has 4 N–H and O–H groups in total. The molecular weight excluding hydrogens is 267 g/mol. The summed E-state index contributed by atoms with van der Waals surface area (Å²) < 4.78 is 12.7. The quantitative estimate of drug-likeness (QED) is 0.431. The highest BCUT2D eigenvalue weighted by molar-refractivity contribution is 6.12. The van der Waals surface area contributed by atoms with E-state index in [1.54, 1.807) is 0 Å². The van der Waals surface area contributed by atoms with Gasteiger partial charge in [-0.05, 0) is 24.3 Å². The first-order valence-corrected chi connectivity index (χ1v) is 5.21. The molecule has 0 aliphatic rings. The van der Waals surface area contributed by atoms with Crippen LogP contribution in [0.5, 0.6) is 0 Å². The van der Waals surface area contributed by atoms with Crippen molar-refractivity contribution in [3.05, 3.63) is 53.1 Å². The number of aliphatic hydroxyl groups is 2. The van der Waals surface area contributed by atoms with Gasteiger partial charge < -0.3 is 15.9 Å². The van der Waals surface area contributed by atoms with Crippen molar-refractivity contribution in [2.45, 2.75) is 0 Å². The van der Waals surface area contributed by atoms with Gasteiger partial charge in [-0.2, -0.15) is 5.26 Å². The average Bonchev–Trinajstić information content (AvgIpc) is 2.39. The highest BCUT2D eigenvalue weighted by atomic mass is 19.1. The number of carbonyl (C=O) groups is 2. The van der Waals surface area contributed by atoms with Gasteiger partial charge in [0.05, 0.1) is 0 Å². The molecule has 0 aliphatic carbocycles. The van der Waals surface area contributed by atoms with E-state index in [4.69, 9.17) is 11.0 Å². The van der Waals surface area contributed by atoms with Crippen molar-refractivity contribution in [3.8, 4) is 6.07 Å². The molecule has 20 heavy (non-hydrogen) atoms. The predicted octanol–water partition coefficient (Wildman–Crippen LogP) is 1.11.